The fourth-order valence-electron chi connectivity index (χ4n) is 3.30. The van der Waals surface area contributed by atoms with E-state index in [1.807, 2.05) is 61.5 Å². The van der Waals surface area contributed by atoms with Gasteiger partial charge in [-0.15, -0.1) is 0 Å². The Hall–Kier alpha value is -3.07. The maximum absolute atomic E-state index is 12.5. The summed E-state index contributed by atoms with van der Waals surface area (Å²) in [5.74, 6) is -0.00742. The Labute approximate surface area is 146 Å². The average Bonchev–Trinajstić information content (AvgIpc) is 3.05. The summed E-state index contributed by atoms with van der Waals surface area (Å²) >= 11 is 0. The molecule has 1 N–H and O–H groups in total. The van der Waals surface area contributed by atoms with E-state index in [-0.39, 0.29) is 11.9 Å². The minimum atomic E-state index is -0.0244. The number of fused-ring (bicyclic) bond motifs is 3. The molecule has 0 radical (unpaired) electrons. The van der Waals surface area contributed by atoms with Crippen molar-refractivity contribution in [2.75, 3.05) is 0 Å². The van der Waals surface area contributed by atoms with Gasteiger partial charge < -0.3 is 9.73 Å². The average molecular weight is 329 g/mol. The summed E-state index contributed by atoms with van der Waals surface area (Å²) in [7, 11) is 0. The lowest BCUT2D eigenvalue weighted by molar-refractivity contribution is -0.121. The van der Waals surface area contributed by atoms with E-state index in [1.54, 1.807) is 6.26 Å². The van der Waals surface area contributed by atoms with Gasteiger partial charge in [-0.1, -0.05) is 60.7 Å². The predicted molar refractivity (Wildman–Crippen MR) is 100 cm³/mol. The summed E-state index contributed by atoms with van der Waals surface area (Å²) < 4.78 is 5.67. The minimum Gasteiger partial charge on any atom is -0.464 e. The summed E-state index contributed by atoms with van der Waals surface area (Å²) in [5.41, 5.74) is 2.83. The first-order valence-corrected chi connectivity index (χ1v) is 8.44. The highest BCUT2D eigenvalue weighted by Crippen LogP contribution is 2.30. The van der Waals surface area contributed by atoms with Crippen molar-refractivity contribution in [1.82, 2.24) is 5.32 Å². The van der Waals surface area contributed by atoms with Gasteiger partial charge >= 0.3 is 0 Å². The SMILES string of the molecule is CC(NC(=O)Cc1coc2ccc3ccccc3c12)c1ccccc1. The van der Waals surface area contributed by atoms with E-state index in [9.17, 15) is 4.79 Å². The molecular formula is C22H19NO2. The zero-order valence-corrected chi connectivity index (χ0v) is 14.0. The van der Waals surface area contributed by atoms with Crippen LogP contribution in [0, 0.1) is 0 Å². The molecule has 1 unspecified atom stereocenters. The van der Waals surface area contributed by atoms with Crippen molar-refractivity contribution >= 4 is 27.6 Å². The van der Waals surface area contributed by atoms with E-state index in [0.717, 1.165) is 32.9 Å². The molecule has 4 aromatic rings. The minimum absolute atomic E-state index is 0.00742. The fourth-order valence-corrected chi connectivity index (χ4v) is 3.30. The number of carbonyl (C=O) groups is 1. The summed E-state index contributed by atoms with van der Waals surface area (Å²) in [5, 5.41) is 6.36. The van der Waals surface area contributed by atoms with E-state index in [1.165, 1.54) is 0 Å². The molecule has 0 spiro atoms. The predicted octanol–water partition coefficient (Wildman–Crippen LogP) is 5.01. The van der Waals surface area contributed by atoms with Crippen LogP contribution in [0.25, 0.3) is 21.7 Å². The number of hydrogen-bond acceptors (Lipinski definition) is 2. The van der Waals surface area contributed by atoms with Gasteiger partial charge in [0.25, 0.3) is 0 Å². The topological polar surface area (TPSA) is 42.2 Å². The molecule has 3 nitrogen and oxygen atoms in total. The lowest BCUT2D eigenvalue weighted by Gasteiger charge is -2.14. The van der Waals surface area contributed by atoms with Crippen molar-refractivity contribution < 1.29 is 9.21 Å². The zero-order valence-electron chi connectivity index (χ0n) is 14.0. The summed E-state index contributed by atoms with van der Waals surface area (Å²) in [6.45, 7) is 2.00. The molecule has 0 fully saturated rings. The van der Waals surface area contributed by atoms with E-state index in [4.69, 9.17) is 4.42 Å². The molecule has 0 saturated heterocycles. The zero-order chi connectivity index (χ0) is 17.2. The molecule has 25 heavy (non-hydrogen) atoms. The highest BCUT2D eigenvalue weighted by atomic mass is 16.3. The third-order valence-corrected chi connectivity index (χ3v) is 4.57. The lowest BCUT2D eigenvalue weighted by Crippen LogP contribution is -2.28. The van der Waals surface area contributed by atoms with Crippen molar-refractivity contribution in [1.29, 1.82) is 0 Å². The Kier molecular flexibility index (Phi) is 3.98. The third kappa shape index (κ3) is 3.01. The second kappa shape index (κ2) is 6.44. The molecule has 0 saturated carbocycles. The number of hydrogen-bond donors (Lipinski definition) is 1. The number of rotatable bonds is 4. The molecule has 3 heteroatoms. The van der Waals surface area contributed by atoms with Crippen LogP contribution < -0.4 is 5.32 Å². The van der Waals surface area contributed by atoms with Crippen LogP contribution in [0.1, 0.15) is 24.1 Å². The van der Waals surface area contributed by atoms with Crippen molar-refractivity contribution in [2.24, 2.45) is 0 Å². The van der Waals surface area contributed by atoms with Crippen molar-refractivity contribution in [2.45, 2.75) is 19.4 Å². The second-order valence-corrected chi connectivity index (χ2v) is 6.30. The molecule has 0 bridgehead atoms. The van der Waals surface area contributed by atoms with Crippen LogP contribution in [0.5, 0.6) is 0 Å². The molecule has 1 heterocycles. The Balaban J connectivity index is 1.60. The first-order valence-electron chi connectivity index (χ1n) is 8.44. The van der Waals surface area contributed by atoms with Crippen LogP contribution in [0.3, 0.4) is 0 Å². The van der Waals surface area contributed by atoms with Gasteiger partial charge in [-0.05, 0) is 29.3 Å². The highest BCUT2D eigenvalue weighted by molar-refractivity contribution is 6.08. The number of carbonyl (C=O) groups excluding carboxylic acids is 1. The first-order chi connectivity index (χ1) is 12.2. The van der Waals surface area contributed by atoms with Crippen LogP contribution in [0.4, 0.5) is 0 Å². The normalized spacial score (nSPS) is 12.4. The van der Waals surface area contributed by atoms with Crippen LogP contribution in [-0.4, -0.2) is 5.91 Å². The number of nitrogens with one attached hydrogen (secondary N) is 1. The van der Waals surface area contributed by atoms with E-state index >= 15 is 0 Å². The van der Waals surface area contributed by atoms with Gasteiger partial charge in [-0.2, -0.15) is 0 Å². The Morgan fingerprint density at radius 3 is 2.60 bits per heavy atom. The standard InChI is InChI=1S/C22H19NO2/c1-15(16-7-3-2-4-8-16)23-21(24)13-18-14-25-20-12-11-17-9-5-6-10-19(17)22(18)20/h2-12,14-15H,13H2,1H3,(H,23,24). The van der Waals surface area contributed by atoms with Crippen molar-refractivity contribution in [3.8, 4) is 0 Å². The quantitative estimate of drug-likeness (QED) is 0.572. The summed E-state index contributed by atoms with van der Waals surface area (Å²) in [6, 6.07) is 22.1. The molecule has 1 atom stereocenters. The van der Waals surface area contributed by atoms with Crippen LogP contribution >= 0.6 is 0 Å². The molecule has 3 aromatic carbocycles. The molecule has 0 aliphatic heterocycles. The molecule has 1 aromatic heterocycles. The van der Waals surface area contributed by atoms with Crippen LogP contribution in [0.15, 0.2) is 77.4 Å². The summed E-state index contributed by atoms with van der Waals surface area (Å²) in [4.78, 5) is 12.5. The third-order valence-electron chi connectivity index (χ3n) is 4.57. The first kappa shape index (κ1) is 15.5. The smallest absolute Gasteiger partial charge is 0.225 e. The molecule has 124 valence electrons. The molecule has 4 rings (SSSR count). The van der Waals surface area contributed by atoms with E-state index < -0.39 is 0 Å². The van der Waals surface area contributed by atoms with Crippen molar-refractivity contribution in [3.05, 3.63) is 84.1 Å². The van der Waals surface area contributed by atoms with Gasteiger partial charge in [-0.3, -0.25) is 4.79 Å². The van der Waals surface area contributed by atoms with Crippen molar-refractivity contribution in [3.63, 3.8) is 0 Å². The Morgan fingerprint density at radius 2 is 1.76 bits per heavy atom. The number of furan rings is 1. The van der Waals surface area contributed by atoms with E-state index in [0.29, 0.717) is 6.42 Å². The maximum Gasteiger partial charge on any atom is 0.225 e. The van der Waals surface area contributed by atoms with Gasteiger partial charge in [0, 0.05) is 10.9 Å². The van der Waals surface area contributed by atoms with Crippen LogP contribution in [0.2, 0.25) is 0 Å². The maximum atomic E-state index is 12.5. The number of benzene rings is 3. The van der Waals surface area contributed by atoms with Gasteiger partial charge in [0.1, 0.15) is 5.58 Å². The van der Waals surface area contributed by atoms with Gasteiger partial charge in [0.05, 0.1) is 18.7 Å². The summed E-state index contributed by atoms with van der Waals surface area (Å²) in [6.07, 6.45) is 2.00. The molecule has 1 amide bonds. The van der Waals surface area contributed by atoms with Gasteiger partial charge in [0.15, 0.2) is 0 Å². The van der Waals surface area contributed by atoms with E-state index in [2.05, 4.69) is 17.4 Å². The highest BCUT2D eigenvalue weighted by Gasteiger charge is 2.15. The van der Waals surface area contributed by atoms with Gasteiger partial charge in [0.2, 0.25) is 5.91 Å². The Bertz CT molecular complexity index is 1030. The largest absolute Gasteiger partial charge is 0.464 e. The van der Waals surface area contributed by atoms with Crippen LogP contribution in [-0.2, 0) is 11.2 Å². The molecule has 0 aliphatic rings. The Morgan fingerprint density at radius 1 is 1.00 bits per heavy atom. The lowest BCUT2D eigenvalue weighted by atomic mass is 10.0. The second-order valence-electron chi connectivity index (χ2n) is 6.30. The fraction of sp³-hybridized carbons (Fsp3) is 0.136. The number of amides is 1. The molecular weight excluding hydrogens is 310 g/mol. The van der Waals surface area contributed by atoms with Gasteiger partial charge in [-0.25, -0.2) is 0 Å². The monoisotopic (exact) mass is 329 g/mol. The molecule has 0 aliphatic carbocycles.